The monoisotopic (exact) mass is 725 g/mol. The average molecular weight is 726 g/mol. The van der Waals surface area contributed by atoms with E-state index in [-0.39, 0.29) is 30.5 Å². The van der Waals surface area contributed by atoms with Crippen molar-refractivity contribution >= 4 is 51.7 Å². The minimum absolute atomic E-state index is 0.0630. The molecule has 4 amide bonds. The molecule has 3 fully saturated rings. The van der Waals surface area contributed by atoms with Crippen molar-refractivity contribution in [2.75, 3.05) is 5.43 Å². The summed E-state index contributed by atoms with van der Waals surface area (Å²) in [4.78, 5) is 60.2. The number of aromatic hydroxyl groups is 1. The van der Waals surface area contributed by atoms with Crippen LogP contribution in [-0.2, 0) is 31.1 Å². The fourth-order valence-electron chi connectivity index (χ4n) is 9.54. The van der Waals surface area contributed by atoms with Gasteiger partial charge in [-0.3, -0.25) is 29.5 Å². The lowest BCUT2D eigenvalue weighted by Gasteiger charge is -2.51. The highest BCUT2D eigenvalue weighted by molar-refractivity contribution is 6.30. The number of imide groups is 2. The number of phenolic OH excluding ortho intramolecular Hbond substituents is 1. The first-order valence-corrected chi connectivity index (χ1v) is 18.0. The molecule has 0 spiro atoms. The molecule has 8 nitrogen and oxygen atoms in total. The van der Waals surface area contributed by atoms with Crippen molar-refractivity contribution < 1.29 is 28.7 Å². The van der Waals surface area contributed by atoms with Crippen LogP contribution >= 0.6 is 11.6 Å². The van der Waals surface area contributed by atoms with Crippen molar-refractivity contribution in [1.82, 2.24) is 9.91 Å². The summed E-state index contributed by atoms with van der Waals surface area (Å²) >= 11 is 6.41. The summed E-state index contributed by atoms with van der Waals surface area (Å²) in [7, 11) is 0. The van der Waals surface area contributed by atoms with Gasteiger partial charge in [0.1, 0.15) is 11.6 Å². The number of nitrogens with one attached hydrogen (secondary N) is 1. The number of amides is 4. The zero-order valence-electron chi connectivity index (χ0n) is 28.3. The van der Waals surface area contributed by atoms with Crippen molar-refractivity contribution in [3.8, 4) is 5.75 Å². The Balaban J connectivity index is 1.26. The fourth-order valence-corrected chi connectivity index (χ4v) is 9.67. The quantitative estimate of drug-likeness (QED) is 0.139. The van der Waals surface area contributed by atoms with Gasteiger partial charge in [-0.2, -0.15) is 5.01 Å². The molecule has 53 heavy (non-hydrogen) atoms. The Morgan fingerprint density at radius 1 is 0.774 bits per heavy atom. The molecule has 2 saturated heterocycles. The number of carbonyl (C=O) groups is 4. The lowest BCUT2D eigenvalue weighted by atomic mass is 9.49. The summed E-state index contributed by atoms with van der Waals surface area (Å²) in [5.41, 5.74) is 4.70. The Hall–Kier alpha value is -5.80. The van der Waals surface area contributed by atoms with E-state index in [0.717, 1.165) is 16.1 Å². The number of hydrogen-bond donors (Lipinski definition) is 2. The number of allylic oxidation sites excluding steroid dienone is 2. The van der Waals surface area contributed by atoms with Crippen molar-refractivity contribution in [2.45, 2.75) is 30.7 Å². The highest BCUT2D eigenvalue weighted by Gasteiger charge is 2.70. The third kappa shape index (κ3) is 4.94. The Labute approximate surface area is 309 Å². The molecule has 4 aliphatic rings. The molecule has 9 rings (SSSR count). The molecule has 2 aliphatic heterocycles. The number of benzene rings is 5. The van der Waals surface area contributed by atoms with Gasteiger partial charge < -0.3 is 5.11 Å². The van der Waals surface area contributed by atoms with Crippen molar-refractivity contribution in [2.24, 2.45) is 23.7 Å². The van der Waals surface area contributed by atoms with Crippen molar-refractivity contribution in [3.05, 3.63) is 154 Å². The Kier molecular flexibility index (Phi) is 7.74. The van der Waals surface area contributed by atoms with Gasteiger partial charge in [0.15, 0.2) is 0 Å². The van der Waals surface area contributed by atoms with Crippen LogP contribution in [-0.4, -0.2) is 38.6 Å². The average Bonchev–Trinajstić information content (AvgIpc) is 3.54. The van der Waals surface area contributed by atoms with Crippen LogP contribution < -0.4 is 5.43 Å². The summed E-state index contributed by atoms with van der Waals surface area (Å²) in [6.45, 7) is 0.143. The van der Waals surface area contributed by atoms with Crippen molar-refractivity contribution in [1.29, 1.82) is 0 Å². The normalized spacial score (nSPS) is 26.4. The number of hydrogen-bond acceptors (Lipinski definition) is 6. The maximum atomic E-state index is 15.4. The number of nitrogens with zero attached hydrogens (tertiary/aromatic N) is 2. The largest absolute Gasteiger partial charge is 0.507 e. The summed E-state index contributed by atoms with van der Waals surface area (Å²) in [5.74, 6) is -5.60. The van der Waals surface area contributed by atoms with Crippen LogP contribution in [0.4, 0.5) is 10.1 Å². The first kappa shape index (κ1) is 33.1. The summed E-state index contributed by atoms with van der Waals surface area (Å²) < 4.78 is 13.9. The minimum Gasteiger partial charge on any atom is -0.507 e. The molecule has 2 N–H and O–H groups in total. The summed E-state index contributed by atoms with van der Waals surface area (Å²) in [6, 6.07) is 32.4. The first-order chi connectivity index (χ1) is 25.7. The zero-order valence-corrected chi connectivity index (χ0v) is 29.0. The summed E-state index contributed by atoms with van der Waals surface area (Å²) in [6.07, 6.45) is 2.43. The Morgan fingerprint density at radius 2 is 1.47 bits per heavy atom. The second-order valence-electron chi connectivity index (χ2n) is 14.3. The van der Waals surface area contributed by atoms with Crippen LogP contribution in [0.5, 0.6) is 5.75 Å². The predicted molar refractivity (Wildman–Crippen MR) is 197 cm³/mol. The highest BCUT2D eigenvalue weighted by Crippen LogP contribution is 2.65. The number of phenols is 1. The van der Waals surface area contributed by atoms with Gasteiger partial charge in [-0.25, -0.2) is 4.39 Å². The van der Waals surface area contributed by atoms with Gasteiger partial charge in [0, 0.05) is 16.3 Å². The lowest BCUT2D eigenvalue weighted by Crippen LogP contribution is -2.53. The number of carbonyl (C=O) groups excluding carboxylic acids is 4. The van der Waals surface area contributed by atoms with Gasteiger partial charge in [0.25, 0.3) is 11.8 Å². The second-order valence-corrected chi connectivity index (χ2v) is 14.8. The molecule has 5 aromatic rings. The van der Waals surface area contributed by atoms with Crippen LogP contribution in [0.15, 0.2) is 127 Å². The third-order valence-corrected chi connectivity index (χ3v) is 12.0. The van der Waals surface area contributed by atoms with Crippen LogP contribution in [0.3, 0.4) is 0 Å². The van der Waals surface area contributed by atoms with Crippen LogP contribution in [0.2, 0.25) is 5.02 Å². The van der Waals surface area contributed by atoms with Gasteiger partial charge >= 0.3 is 0 Å². The van der Waals surface area contributed by atoms with Gasteiger partial charge in [-0.1, -0.05) is 96.0 Å². The van der Waals surface area contributed by atoms with E-state index in [0.29, 0.717) is 39.0 Å². The van der Waals surface area contributed by atoms with Crippen LogP contribution in [0.25, 0.3) is 10.8 Å². The van der Waals surface area contributed by atoms with E-state index in [2.05, 4.69) is 5.43 Å². The number of hydrazine groups is 1. The SMILES string of the molecule is O=C1C2CC=C3C(CC4C(=O)N(Nc5ccc(F)cc5)C(=O)C4(c4ccc(Cl)cc4)C3c3ccc(O)c4ccccc34)C2C(=O)N1Cc1ccccc1. The van der Waals surface area contributed by atoms with Gasteiger partial charge in [0.05, 0.1) is 35.4 Å². The Bertz CT molecular complexity index is 2370. The maximum absolute atomic E-state index is 15.4. The first-order valence-electron chi connectivity index (χ1n) is 17.6. The standard InChI is InChI=1S/C43H33ClFN3O5/c44-26-12-10-25(11-13-26)43-35(40(51)48(42(43)53)46-28-16-14-27(45)15-17-28)22-34-32(38(43)31-20-21-36(49)30-9-5-4-8-29(30)31)18-19-33-37(34)41(52)47(39(33)50)23-24-6-2-1-3-7-24/h1-18,20-21,33-35,37-38,46,49H,19,22-23H2. The molecule has 0 radical (unpaired) electrons. The van der Waals surface area contributed by atoms with Gasteiger partial charge in [0.2, 0.25) is 11.8 Å². The van der Waals surface area contributed by atoms with Crippen LogP contribution in [0, 0.1) is 29.5 Å². The van der Waals surface area contributed by atoms with Gasteiger partial charge in [-0.15, -0.1) is 0 Å². The minimum atomic E-state index is -1.53. The molecule has 0 bridgehead atoms. The topological polar surface area (TPSA) is 107 Å². The molecule has 6 atom stereocenters. The van der Waals surface area contributed by atoms with E-state index in [1.807, 2.05) is 54.6 Å². The summed E-state index contributed by atoms with van der Waals surface area (Å²) in [5, 5.41) is 13.7. The van der Waals surface area contributed by atoms with E-state index in [9.17, 15) is 23.9 Å². The molecule has 5 aromatic carbocycles. The van der Waals surface area contributed by atoms with Gasteiger partial charge in [-0.05, 0) is 83.3 Å². The van der Waals surface area contributed by atoms with E-state index in [1.54, 1.807) is 42.5 Å². The van der Waals surface area contributed by atoms with Crippen LogP contribution in [0.1, 0.15) is 35.4 Å². The number of anilines is 1. The fraction of sp³-hybridized carbons (Fsp3) is 0.209. The molecule has 264 valence electrons. The lowest BCUT2D eigenvalue weighted by molar-refractivity contribution is -0.142. The number of halogens is 2. The van der Waals surface area contributed by atoms with E-state index < -0.39 is 52.6 Å². The van der Waals surface area contributed by atoms with E-state index in [1.165, 1.54) is 29.2 Å². The highest BCUT2D eigenvalue weighted by atomic mass is 35.5. The third-order valence-electron chi connectivity index (χ3n) is 11.8. The maximum Gasteiger partial charge on any atom is 0.260 e. The Morgan fingerprint density at radius 3 is 2.21 bits per heavy atom. The molecule has 0 aromatic heterocycles. The van der Waals surface area contributed by atoms with Crippen molar-refractivity contribution in [3.63, 3.8) is 0 Å². The zero-order chi connectivity index (χ0) is 36.6. The molecule has 10 heteroatoms. The number of likely N-dealkylation sites (tertiary alicyclic amines) is 1. The molecule has 2 heterocycles. The number of rotatable bonds is 6. The molecule has 1 saturated carbocycles. The second kappa shape index (κ2) is 12.4. The smallest absolute Gasteiger partial charge is 0.260 e. The van der Waals surface area contributed by atoms with E-state index in [4.69, 9.17) is 11.6 Å². The molecule has 2 aliphatic carbocycles. The predicted octanol–water partition coefficient (Wildman–Crippen LogP) is 7.52. The van der Waals surface area contributed by atoms with E-state index >= 15 is 4.79 Å². The molecule has 6 unspecified atom stereocenters. The molecular weight excluding hydrogens is 693 g/mol. The number of fused-ring (bicyclic) bond motifs is 5. The molecular formula is C43H33ClFN3O5.